The van der Waals surface area contributed by atoms with Crippen molar-refractivity contribution in [3.63, 3.8) is 0 Å². The number of nitrogens with two attached hydrogens (primary N) is 1. The Kier molecular flexibility index (Phi) is 9.57. The van der Waals surface area contributed by atoms with Gasteiger partial charge in [0.1, 0.15) is 11.8 Å². The van der Waals surface area contributed by atoms with Crippen molar-refractivity contribution in [2.45, 2.75) is 12.5 Å². The number of hydrogen-bond donors (Lipinski definition) is 2. The Morgan fingerprint density at radius 2 is 1.75 bits per heavy atom. The molecule has 0 amide bonds. The fourth-order valence-electron chi connectivity index (χ4n) is 1.84. The van der Waals surface area contributed by atoms with E-state index < -0.39 is 12.0 Å². The first-order chi connectivity index (χ1) is 10.8. The maximum atomic E-state index is 11.3. The molecule has 9 heteroatoms. The van der Waals surface area contributed by atoms with Crippen molar-refractivity contribution in [3.8, 4) is 17.2 Å². The predicted octanol–water partition coefficient (Wildman–Crippen LogP) is 0.325. The molecule has 0 saturated carbocycles. The third-order valence-electron chi connectivity index (χ3n) is 2.95. The third-order valence-corrected chi connectivity index (χ3v) is 5.39. The molecule has 0 saturated heterocycles. The summed E-state index contributed by atoms with van der Waals surface area (Å²) in [5.74, 6) is 0.193. The number of carboxylic acids is 1. The number of carbonyl (C=O) groups is 1. The zero-order valence-corrected chi connectivity index (χ0v) is 21.0. The summed E-state index contributed by atoms with van der Waals surface area (Å²) in [6.07, 6.45) is 0.254. The molecule has 0 spiro atoms. The SMILES string of the molecule is N[C@@H](Cc1cc(I)c(Oc2ccc([O-])cc2I)c(I)c1)C(=O)O.[Na+]. The summed E-state index contributed by atoms with van der Waals surface area (Å²) < 4.78 is 8.36. The molecule has 5 nitrogen and oxygen atoms in total. The molecule has 1 atom stereocenters. The minimum atomic E-state index is -1.03. The summed E-state index contributed by atoms with van der Waals surface area (Å²) in [7, 11) is 0. The first-order valence-corrected chi connectivity index (χ1v) is 9.62. The van der Waals surface area contributed by atoms with Gasteiger partial charge in [0.25, 0.3) is 0 Å². The van der Waals surface area contributed by atoms with E-state index in [0.717, 1.165) is 16.3 Å². The van der Waals surface area contributed by atoms with Crippen molar-refractivity contribution in [1.29, 1.82) is 0 Å². The number of hydrogen-bond acceptors (Lipinski definition) is 4. The zero-order valence-electron chi connectivity index (χ0n) is 12.6. The second-order valence-corrected chi connectivity index (χ2v) is 8.22. The Balaban J connectivity index is 0.00000288. The Hall–Kier alpha value is 0.660. The van der Waals surface area contributed by atoms with Gasteiger partial charge in [0.05, 0.1) is 10.7 Å². The Morgan fingerprint density at radius 3 is 2.25 bits per heavy atom. The average Bonchev–Trinajstić information content (AvgIpc) is 2.44. The standard InChI is InChI=1S/C15H12I3NO4.Na/c16-9-6-8(20)1-2-13(9)23-14-10(17)3-7(4-11(14)18)5-12(19)15(21)22;/h1-4,6,12,20H,5,19H2,(H,21,22);/q;+1/p-1/t12-;/m0./s1. The van der Waals surface area contributed by atoms with Crippen molar-refractivity contribution in [2.24, 2.45) is 5.73 Å². The number of benzene rings is 2. The molecule has 0 aliphatic rings. The smallest absolute Gasteiger partial charge is 0.872 e. The van der Waals surface area contributed by atoms with E-state index in [-0.39, 0.29) is 41.7 Å². The van der Waals surface area contributed by atoms with Gasteiger partial charge in [0.2, 0.25) is 0 Å². The number of aliphatic carboxylic acids is 1. The van der Waals surface area contributed by atoms with Crippen LogP contribution in [0.3, 0.4) is 0 Å². The van der Waals surface area contributed by atoms with Crippen LogP contribution in [0.15, 0.2) is 30.3 Å². The van der Waals surface area contributed by atoms with E-state index in [2.05, 4.69) is 67.8 Å². The second-order valence-electron chi connectivity index (χ2n) is 4.73. The van der Waals surface area contributed by atoms with Gasteiger partial charge >= 0.3 is 35.5 Å². The first kappa shape index (κ1) is 22.7. The summed E-state index contributed by atoms with van der Waals surface area (Å²) in [5, 5.41) is 20.2. The Morgan fingerprint density at radius 1 is 1.17 bits per heavy atom. The molecule has 2 aromatic rings. The predicted molar refractivity (Wildman–Crippen MR) is 110 cm³/mol. The molecule has 24 heavy (non-hydrogen) atoms. The molecular formula is C15H11I3NNaO4. The summed E-state index contributed by atoms with van der Waals surface area (Å²) in [6.45, 7) is 0. The molecule has 3 N–H and O–H groups in total. The molecule has 0 aliphatic heterocycles. The van der Waals surface area contributed by atoms with Gasteiger partial charge in [-0.05, 0) is 98.0 Å². The zero-order chi connectivity index (χ0) is 17.1. The van der Waals surface area contributed by atoms with Gasteiger partial charge < -0.3 is 20.7 Å². The van der Waals surface area contributed by atoms with Gasteiger partial charge in [0, 0.05) is 0 Å². The van der Waals surface area contributed by atoms with Crippen LogP contribution >= 0.6 is 67.8 Å². The topological polar surface area (TPSA) is 95.6 Å². The van der Waals surface area contributed by atoms with Crippen LogP contribution in [-0.4, -0.2) is 17.1 Å². The van der Waals surface area contributed by atoms with Crippen LogP contribution in [0.25, 0.3) is 0 Å². The quantitative estimate of drug-likeness (QED) is 0.353. The summed E-state index contributed by atoms with van der Waals surface area (Å²) >= 11 is 6.33. The van der Waals surface area contributed by atoms with Crippen molar-refractivity contribution in [2.75, 3.05) is 0 Å². The van der Waals surface area contributed by atoms with E-state index in [0.29, 0.717) is 11.5 Å². The van der Waals surface area contributed by atoms with Crippen LogP contribution in [-0.2, 0) is 11.2 Å². The molecule has 122 valence electrons. The maximum absolute atomic E-state index is 11.3. The van der Waals surface area contributed by atoms with Gasteiger partial charge in [-0.15, -0.1) is 5.75 Å². The molecule has 2 aromatic carbocycles. The molecule has 0 aromatic heterocycles. The van der Waals surface area contributed by atoms with Crippen molar-refractivity contribution in [1.82, 2.24) is 0 Å². The van der Waals surface area contributed by atoms with Gasteiger partial charge in [0.15, 0.2) is 5.75 Å². The van der Waals surface area contributed by atoms with Crippen LogP contribution in [0, 0.1) is 10.7 Å². The summed E-state index contributed by atoms with van der Waals surface area (Å²) in [5.41, 5.74) is 6.42. The number of halogens is 3. The summed E-state index contributed by atoms with van der Waals surface area (Å²) in [4.78, 5) is 10.9. The van der Waals surface area contributed by atoms with Crippen LogP contribution in [0.5, 0.6) is 17.2 Å². The first-order valence-electron chi connectivity index (χ1n) is 6.38. The Labute approximate surface area is 202 Å². The van der Waals surface area contributed by atoms with E-state index in [1.54, 1.807) is 6.07 Å². The van der Waals surface area contributed by atoms with Crippen molar-refractivity contribution < 1.29 is 49.3 Å². The van der Waals surface area contributed by atoms with E-state index in [1.807, 2.05) is 12.1 Å². The van der Waals surface area contributed by atoms with E-state index in [4.69, 9.17) is 15.6 Å². The fraction of sp³-hybridized carbons (Fsp3) is 0.133. The van der Waals surface area contributed by atoms with Crippen molar-refractivity contribution >= 4 is 73.7 Å². The molecule has 2 rings (SSSR count). The fourth-order valence-corrected chi connectivity index (χ4v) is 4.56. The van der Waals surface area contributed by atoms with Gasteiger partial charge in [-0.1, -0.05) is 12.1 Å². The van der Waals surface area contributed by atoms with E-state index >= 15 is 0 Å². The largest absolute Gasteiger partial charge is 1.00 e. The number of rotatable bonds is 5. The van der Waals surface area contributed by atoms with E-state index in [9.17, 15) is 9.90 Å². The number of carboxylic acid groups (broad SMARTS) is 1. The van der Waals surface area contributed by atoms with Crippen LogP contribution in [0.1, 0.15) is 5.56 Å². The second kappa shape index (κ2) is 10.1. The minimum Gasteiger partial charge on any atom is -0.872 e. The molecule has 0 bridgehead atoms. The van der Waals surface area contributed by atoms with Crippen LogP contribution in [0.2, 0.25) is 0 Å². The Bertz CT molecular complexity index is 734. The van der Waals surface area contributed by atoms with Crippen LogP contribution < -0.4 is 45.1 Å². The van der Waals surface area contributed by atoms with Crippen LogP contribution in [0.4, 0.5) is 0 Å². The monoisotopic (exact) mass is 673 g/mol. The van der Waals surface area contributed by atoms with Gasteiger partial charge in [-0.3, -0.25) is 4.79 Å². The van der Waals surface area contributed by atoms with Gasteiger partial charge in [-0.2, -0.15) is 0 Å². The minimum absolute atomic E-state index is 0. The number of ether oxygens (including phenoxy) is 1. The van der Waals surface area contributed by atoms with Gasteiger partial charge in [-0.25, -0.2) is 0 Å². The molecule has 0 unspecified atom stereocenters. The maximum Gasteiger partial charge on any atom is 1.00 e. The molecule has 0 aliphatic carbocycles. The molecular weight excluding hydrogens is 662 g/mol. The average molecular weight is 673 g/mol. The third kappa shape index (κ3) is 6.13. The normalized spacial score (nSPS) is 11.5. The van der Waals surface area contributed by atoms with E-state index in [1.165, 1.54) is 12.1 Å². The molecule has 0 heterocycles. The molecule has 0 radical (unpaired) electrons. The summed E-state index contributed by atoms with van der Waals surface area (Å²) in [6, 6.07) is 7.39. The molecule has 0 fully saturated rings. The van der Waals surface area contributed by atoms with Crippen molar-refractivity contribution in [3.05, 3.63) is 46.6 Å².